The Morgan fingerprint density at radius 1 is 0.952 bits per heavy atom. The normalized spacial score (nSPS) is 10.8. The number of fused-ring (bicyclic) bond motifs is 1. The molecule has 0 saturated carbocycles. The fourth-order valence-corrected chi connectivity index (χ4v) is 2.67. The molecule has 1 amide bonds. The highest BCUT2D eigenvalue weighted by atomic mass is 16.1. The molecule has 1 N–H and O–H groups in total. The summed E-state index contributed by atoms with van der Waals surface area (Å²) in [4.78, 5) is 11.1. The van der Waals surface area contributed by atoms with E-state index in [1.807, 2.05) is 6.07 Å². The summed E-state index contributed by atoms with van der Waals surface area (Å²) in [6.07, 6.45) is 7.70. The third kappa shape index (κ3) is 4.89. The molecule has 0 saturated heterocycles. The molecule has 0 atom stereocenters. The van der Waals surface area contributed by atoms with Gasteiger partial charge >= 0.3 is 0 Å². The lowest BCUT2D eigenvalue weighted by Gasteiger charge is -2.07. The average Bonchev–Trinajstić information content (AvgIpc) is 2.46. The van der Waals surface area contributed by atoms with Crippen LogP contribution < -0.4 is 5.32 Å². The molecule has 0 heterocycles. The summed E-state index contributed by atoms with van der Waals surface area (Å²) in [6.45, 7) is 3.78. The first-order valence-electron chi connectivity index (χ1n) is 7.99. The number of rotatable bonds is 7. The molecule has 0 aliphatic heterocycles. The van der Waals surface area contributed by atoms with E-state index in [2.05, 4.69) is 42.6 Å². The molecule has 0 spiro atoms. The van der Waals surface area contributed by atoms with E-state index in [1.54, 1.807) is 0 Å². The number of hydrogen-bond acceptors (Lipinski definition) is 1. The first-order valence-corrected chi connectivity index (χ1v) is 7.99. The van der Waals surface area contributed by atoms with Crippen LogP contribution in [0.15, 0.2) is 36.4 Å². The van der Waals surface area contributed by atoms with Crippen molar-refractivity contribution >= 4 is 22.4 Å². The van der Waals surface area contributed by atoms with Crippen LogP contribution in [0.3, 0.4) is 0 Å². The Morgan fingerprint density at radius 3 is 2.48 bits per heavy atom. The molecule has 2 nitrogen and oxygen atoms in total. The maximum absolute atomic E-state index is 11.1. The van der Waals surface area contributed by atoms with E-state index < -0.39 is 0 Å². The lowest BCUT2D eigenvalue weighted by atomic mass is 10.0. The van der Waals surface area contributed by atoms with Gasteiger partial charge in [0.1, 0.15) is 0 Å². The Bertz CT molecular complexity index is 604. The van der Waals surface area contributed by atoms with Crippen molar-refractivity contribution in [3.63, 3.8) is 0 Å². The minimum atomic E-state index is -0.0265. The van der Waals surface area contributed by atoms with Crippen molar-refractivity contribution in [3.05, 3.63) is 42.0 Å². The van der Waals surface area contributed by atoms with Crippen LogP contribution in [-0.4, -0.2) is 5.91 Å². The van der Waals surface area contributed by atoms with Gasteiger partial charge in [-0.05, 0) is 41.3 Å². The Morgan fingerprint density at radius 2 is 1.71 bits per heavy atom. The van der Waals surface area contributed by atoms with E-state index in [-0.39, 0.29) is 5.91 Å². The zero-order valence-corrected chi connectivity index (χ0v) is 13.1. The lowest BCUT2D eigenvalue weighted by molar-refractivity contribution is -0.114. The number of aryl methyl sites for hydroxylation is 1. The molecule has 0 aliphatic rings. The van der Waals surface area contributed by atoms with Crippen LogP contribution in [0.5, 0.6) is 0 Å². The van der Waals surface area contributed by atoms with Gasteiger partial charge in [0, 0.05) is 12.6 Å². The highest BCUT2D eigenvalue weighted by Gasteiger charge is 2.00. The minimum absolute atomic E-state index is 0.0265. The third-order valence-corrected chi connectivity index (χ3v) is 3.79. The number of benzene rings is 2. The van der Waals surface area contributed by atoms with Gasteiger partial charge in [-0.25, -0.2) is 0 Å². The number of amides is 1. The lowest BCUT2D eigenvalue weighted by Crippen LogP contribution is -2.05. The maximum Gasteiger partial charge on any atom is 0.221 e. The Labute approximate surface area is 127 Å². The minimum Gasteiger partial charge on any atom is -0.326 e. The van der Waals surface area contributed by atoms with Crippen LogP contribution in [0.2, 0.25) is 0 Å². The van der Waals surface area contributed by atoms with Gasteiger partial charge in [-0.1, -0.05) is 56.9 Å². The summed E-state index contributed by atoms with van der Waals surface area (Å²) >= 11 is 0. The fraction of sp³-hybridized carbons (Fsp3) is 0.421. The standard InChI is InChI=1S/C19H25NO/c1-3-4-5-6-7-8-16-9-10-17-11-12-19(20-15(2)21)14-18(17)13-16/h9-14H,3-8H2,1-2H3,(H,20,21). The Balaban J connectivity index is 2.03. The fourth-order valence-electron chi connectivity index (χ4n) is 2.67. The van der Waals surface area contributed by atoms with Crippen LogP contribution in [0.25, 0.3) is 10.8 Å². The van der Waals surface area contributed by atoms with Gasteiger partial charge in [-0.3, -0.25) is 4.79 Å². The van der Waals surface area contributed by atoms with Crippen LogP contribution in [0.1, 0.15) is 51.5 Å². The predicted octanol–water partition coefficient (Wildman–Crippen LogP) is 5.31. The second-order valence-electron chi connectivity index (χ2n) is 5.74. The van der Waals surface area contributed by atoms with E-state index in [0.717, 1.165) is 12.1 Å². The molecule has 0 fully saturated rings. The number of anilines is 1. The van der Waals surface area contributed by atoms with Crippen molar-refractivity contribution in [1.29, 1.82) is 0 Å². The number of unbranched alkanes of at least 4 members (excludes halogenated alkanes) is 4. The largest absolute Gasteiger partial charge is 0.326 e. The van der Waals surface area contributed by atoms with Crippen molar-refractivity contribution in [3.8, 4) is 0 Å². The van der Waals surface area contributed by atoms with E-state index in [9.17, 15) is 4.79 Å². The highest BCUT2D eigenvalue weighted by Crippen LogP contribution is 2.21. The molecule has 0 aliphatic carbocycles. The molecule has 0 aromatic heterocycles. The molecule has 0 radical (unpaired) electrons. The Kier molecular flexibility index (Phi) is 5.79. The van der Waals surface area contributed by atoms with Crippen LogP contribution in [0.4, 0.5) is 5.69 Å². The SMILES string of the molecule is CCCCCCCc1ccc2ccc(NC(C)=O)cc2c1. The van der Waals surface area contributed by atoms with Crippen LogP contribution in [0, 0.1) is 0 Å². The molecule has 2 heteroatoms. The van der Waals surface area contributed by atoms with E-state index in [1.165, 1.54) is 55.4 Å². The molecule has 112 valence electrons. The molecule has 0 unspecified atom stereocenters. The van der Waals surface area contributed by atoms with Crippen LogP contribution in [-0.2, 0) is 11.2 Å². The maximum atomic E-state index is 11.1. The van der Waals surface area contributed by atoms with Crippen molar-refractivity contribution in [1.82, 2.24) is 0 Å². The summed E-state index contributed by atoms with van der Waals surface area (Å²) in [5.41, 5.74) is 2.26. The first kappa shape index (κ1) is 15.6. The van der Waals surface area contributed by atoms with Gasteiger partial charge < -0.3 is 5.32 Å². The molecule has 0 bridgehead atoms. The average molecular weight is 283 g/mol. The summed E-state index contributed by atoms with van der Waals surface area (Å²) in [6, 6.07) is 12.7. The number of carbonyl (C=O) groups is 1. The van der Waals surface area contributed by atoms with Gasteiger partial charge in [-0.15, -0.1) is 0 Å². The quantitative estimate of drug-likeness (QED) is 0.685. The number of hydrogen-bond donors (Lipinski definition) is 1. The van der Waals surface area contributed by atoms with E-state index in [0.29, 0.717) is 0 Å². The molecule has 21 heavy (non-hydrogen) atoms. The first-order chi connectivity index (χ1) is 10.2. The third-order valence-electron chi connectivity index (χ3n) is 3.79. The molecular formula is C19H25NO. The van der Waals surface area contributed by atoms with Gasteiger partial charge in [0.2, 0.25) is 5.91 Å². The monoisotopic (exact) mass is 283 g/mol. The van der Waals surface area contributed by atoms with Crippen molar-refractivity contribution < 1.29 is 4.79 Å². The smallest absolute Gasteiger partial charge is 0.221 e. The summed E-state index contributed by atoms with van der Waals surface area (Å²) in [5.74, 6) is -0.0265. The molecule has 2 aromatic carbocycles. The van der Waals surface area contributed by atoms with Crippen molar-refractivity contribution in [2.24, 2.45) is 0 Å². The highest BCUT2D eigenvalue weighted by molar-refractivity contribution is 5.93. The van der Waals surface area contributed by atoms with Gasteiger partial charge in [0.05, 0.1) is 0 Å². The second kappa shape index (κ2) is 7.82. The van der Waals surface area contributed by atoms with Gasteiger partial charge in [0.25, 0.3) is 0 Å². The van der Waals surface area contributed by atoms with Gasteiger partial charge in [0.15, 0.2) is 0 Å². The number of nitrogens with one attached hydrogen (secondary N) is 1. The Hall–Kier alpha value is -1.83. The molecular weight excluding hydrogens is 258 g/mol. The van der Waals surface area contributed by atoms with Gasteiger partial charge in [-0.2, -0.15) is 0 Å². The number of carbonyl (C=O) groups excluding carboxylic acids is 1. The zero-order valence-electron chi connectivity index (χ0n) is 13.1. The summed E-state index contributed by atoms with van der Waals surface area (Å²) in [5, 5.41) is 5.27. The second-order valence-corrected chi connectivity index (χ2v) is 5.74. The van der Waals surface area contributed by atoms with Crippen molar-refractivity contribution in [2.45, 2.75) is 52.4 Å². The van der Waals surface area contributed by atoms with Crippen LogP contribution >= 0.6 is 0 Å². The zero-order chi connectivity index (χ0) is 15.1. The van der Waals surface area contributed by atoms with E-state index >= 15 is 0 Å². The molecule has 2 rings (SSSR count). The molecule has 2 aromatic rings. The predicted molar refractivity (Wildman–Crippen MR) is 90.7 cm³/mol. The summed E-state index contributed by atoms with van der Waals surface area (Å²) in [7, 11) is 0. The summed E-state index contributed by atoms with van der Waals surface area (Å²) < 4.78 is 0. The van der Waals surface area contributed by atoms with Crippen molar-refractivity contribution in [2.75, 3.05) is 5.32 Å². The topological polar surface area (TPSA) is 29.1 Å². The van der Waals surface area contributed by atoms with E-state index in [4.69, 9.17) is 0 Å².